The molecular formula is C18H31N3. The largest absolute Gasteiger partial charge is 0.370 e. The maximum atomic E-state index is 3.55. The van der Waals surface area contributed by atoms with Crippen molar-refractivity contribution in [1.29, 1.82) is 0 Å². The Kier molecular flexibility index (Phi) is 6.07. The first kappa shape index (κ1) is 16.3. The maximum absolute atomic E-state index is 3.55. The van der Waals surface area contributed by atoms with Gasteiger partial charge in [0.05, 0.1) is 0 Å². The van der Waals surface area contributed by atoms with Crippen LogP contribution in [0.3, 0.4) is 0 Å². The van der Waals surface area contributed by atoms with Crippen molar-refractivity contribution in [3.05, 3.63) is 29.3 Å². The Morgan fingerprint density at radius 3 is 2.90 bits per heavy atom. The van der Waals surface area contributed by atoms with Crippen molar-refractivity contribution in [2.75, 3.05) is 38.6 Å². The van der Waals surface area contributed by atoms with Crippen LogP contribution in [0.4, 0.5) is 5.69 Å². The highest BCUT2D eigenvalue weighted by atomic mass is 15.2. The molecule has 1 fully saturated rings. The third-order valence-corrected chi connectivity index (χ3v) is 4.50. The van der Waals surface area contributed by atoms with Crippen LogP contribution in [0.2, 0.25) is 0 Å². The lowest BCUT2D eigenvalue weighted by molar-refractivity contribution is 0.248. The second kappa shape index (κ2) is 7.81. The topological polar surface area (TPSA) is 18.5 Å². The van der Waals surface area contributed by atoms with Crippen LogP contribution in [0, 0.1) is 6.92 Å². The summed E-state index contributed by atoms with van der Waals surface area (Å²) in [5.41, 5.74) is 4.17. The summed E-state index contributed by atoms with van der Waals surface area (Å²) in [5.74, 6) is 0. The van der Waals surface area contributed by atoms with E-state index in [9.17, 15) is 0 Å². The minimum Gasteiger partial charge on any atom is -0.370 e. The van der Waals surface area contributed by atoms with Gasteiger partial charge in [-0.05, 0) is 58.0 Å². The molecule has 1 aromatic rings. The standard InChI is InChI=1S/C18H31N3/c1-5-10-19-13-16-12-15(2)8-9-18(16)21(4)17-7-6-11-20(3)14-17/h8-9,12,17,19H,5-7,10-11,13-14H2,1-4H3. The number of nitrogens with one attached hydrogen (secondary N) is 1. The molecule has 1 heterocycles. The van der Waals surface area contributed by atoms with Gasteiger partial charge in [-0.2, -0.15) is 0 Å². The van der Waals surface area contributed by atoms with Gasteiger partial charge in [0, 0.05) is 31.9 Å². The summed E-state index contributed by atoms with van der Waals surface area (Å²) in [5, 5.41) is 3.55. The van der Waals surface area contributed by atoms with Crippen molar-refractivity contribution >= 4 is 5.69 Å². The third-order valence-electron chi connectivity index (χ3n) is 4.50. The number of hydrogen-bond acceptors (Lipinski definition) is 3. The Labute approximate surface area is 130 Å². The number of hydrogen-bond donors (Lipinski definition) is 1. The molecule has 3 nitrogen and oxygen atoms in total. The van der Waals surface area contributed by atoms with E-state index in [1.54, 1.807) is 0 Å². The lowest BCUT2D eigenvalue weighted by Gasteiger charge is -2.38. The van der Waals surface area contributed by atoms with Gasteiger partial charge in [0.25, 0.3) is 0 Å². The fourth-order valence-corrected chi connectivity index (χ4v) is 3.25. The molecule has 118 valence electrons. The van der Waals surface area contributed by atoms with Gasteiger partial charge >= 0.3 is 0 Å². The molecule has 0 radical (unpaired) electrons. The van der Waals surface area contributed by atoms with Gasteiger partial charge in [-0.1, -0.05) is 24.6 Å². The molecule has 1 atom stereocenters. The van der Waals surface area contributed by atoms with Crippen molar-refractivity contribution in [2.45, 2.75) is 45.7 Å². The Morgan fingerprint density at radius 1 is 1.38 bits per heavy atom. The predicted octanol–water partition coefficient (Wildman–Crippen LogP) is 3.03. The summed E-state index contributed by atoms with van der Waals surface area (Å²) in [4.78, 5) is 4.95. The normalized spacial score (nSPS) is 19.7. The van der Waals surface area contributed by atoms with E-state index >= 15 is 0 Å². The van der Waals surface area contributed by atoms with Crippen LogP contribution in [0.15, 0.2) is 18.2 Å². The first-order valence-electron chi connectivity index (χ1n) is 8.33. The van der Waals surface area contributed by atoms with Crippen molar-refractivity contribution in [2.24, 2.45) is 0 Å². The number of aryl methyl sites for hydroxylation is 1. The summed E-state index contributed by atoms with van der Waals surface area (Å²) in [7, 11) is 4.50. The minimum atomic E-state index is 0.636. The Bertz CT molecular complexity index is 444. The zero-order chi connectivity index (χ0) is 15.2. The van der Waals surface area contributed by atoms with Gasteiger partial charge in [-0.25, -0.2) is 0 Å². The molecule has 0 aliphatic carbocycles. The second-order valence-electron chi connectivity index (χ2n) is 6.48. The van der Waals surface area contributed by atoms with Crippen molar-refractivity contribution < 1.29 is 0 Å². The first-order valence-corrected chi connectivity index (χ1v) is 8.33. The Hall–Kier alpha value is -1.06. The minimum absolute atomic E-state index is 0.636. The molecule has 1 aromatic carbocycles. The zero-order valence-corrected chi connectivity index (χ0v) is 14.2. The number of piperidine rings is 1. The molecule has 0 aromatic heterocycles. The van der Waals surface area contributed by atoms with E-state index in [0.717, 1.165) is 13.1 Å². The maximum Gasteiger partial charge on any atom is 0.0414 e. The molecule has 1 saturated heterocycles. The SMILES string of the molecule is CCCNCc1cc(C)ccc1N(C)C1CCCN(C)C1. The fourth-order valence-electron chi connectivity index (χ4n) is 3.25. The second-order valence-corrected chi connectivity index (χ2v) is 6.48. The molecule has 1 N–H and O–H groups in total. The number of rotatable bonds is 6. The Balaban J connectivity index is 2.12. The average Bonchev–Trinajstić information content (AvgIpc) is 2.47. The molecule has 0 amide bonds. The van der Waals surface area contributed by atoms with Crippen LogP contribution in [0.25, 0.3) is 0 Å². The molecule has 1 unspecified atom stereocenters. The lowest BCUT2D eigenvalue weighted by Crippen LogP contribution is -2.45. The number of nitrogens with zero attached hydrogens (tertiary/aromatic N) is 2. The van der Waals surface area contributed by atoms with Crippen LogP contribution in [-0.4, -0.2) is 44.7 Å². The molecular weight excluding hydrogens is 258 g/mol. The highest BCUT2D eigenvalue weighted by molar-refractivity contribution is 5.55. The van der Waals surface area contributed by atoms with E-state index in [1.807, 2.05) is 0 Å². The summed E-state index contributed by atoms with van der Waals surface area (Å²) in [6, 6.07) is 7.51. The fraction of sp³-hybridized carbons (Fsp3) is 0.667. The summed E-state index contributed by atoms with van der Waals surface area (Å²) in [6.07, 6.45) is 3.79. The monoisotopic (exact) mass is 289 g/mol. The summed E-state index contributed by atoms with van der Waals surface area (Å²) in [6.45, 7) is 8.87. The van der Waals surface area contributed by atoms with E-state index < -0.39 is 0 Å². The van der Waals surface area contributed by atoms with E-state index in [0.29, 0.717) is 6.04 Å². The highest BCUT2D eigenvalue weighted by Gasteiger charge is 2.22. The van der Waals surface area contributed by atoms with E-state index in [2.05, 4.69) is 61.3 Å². The van der Waals surface area contributed by atoms with Gasteiger partial charge < -0.3 is 15.1 Å². The van der Waals surface area contributed by atoms with Crippen molar-refractivity contribution in [3.63, 3.8) is 0 Å². The molecule has 21 heavy (non-hydrogen) atoms. The van der Waals surface area contributed by atoms with E-state index in [1.165, 1.54) is 49.2 Å². The van der Waals surface area contributed by atoms with Crippen LogP contribution < -0.4 is 10.2 Å². The van der Waals surface area contributed by atoms with E-state index in [4.69, 9.17) is 0 Å². The van der Waals surface area contributed by atoms with Crippen LogP contribution in [0.5, 0.6) is 0 Å². The lowest BCUT2D eigenvalue weighted by atomic mass is 10.0. The van der Waals surface area contributed by atoms with Crippen LogP contribution >= 0.6 is 0 Å². The Morgan fingerprint density at radius 2 is 2.19 bits per heavy atom. The quantitative estimate of drug-likeness (QED) is 0.812. The summed E-state index contributed by atoms with van der Waals surface area (Å²) < 4.78 is 0. The molecule has 1 aliphatic rings. The van der Waals surface area contributed by atoms with Gasteiger partial charge in [0.15, 0.2) is 0 Å². The van der Waals surface area contributed by atoms with Gasteiger partial charge in [-0.3, -0.25) is 0 Å². The van der Waals surface area contributed by atoms with Crippen LogP contribution in [0.1, 0.15) is 37.3 Å². The molecule has 1 aliphatic heterocycles. The molecule has 0 saturated carbocycles. The number of likely N-dealkylation sites (tertiary alicyclic amines) is 1. The zero-order valence-electron chi connectivity index (χ0n) is 14.2. The highest BCUT2D eigenvalue weighted by Crippen LogP contribution is 2.26. The van der Waals surface area contributed by atoms with Crippen LogP contribution in [-0.2, 0) is 6.54 Å². The first-order chi connectivity index (χ1) is 10.1. The smallest absolute Gasteiger partial charge is 0.0414 e. The molecule has 2 rings (SSSR count). The van der Waals surface area contributed by atoms with Crippen molar-refractivity contribution in [1.82, 2.24) is 10.2 Å². The average molecular weight is 289 g/mol. The molecule has 3 heteroatoms. The van der Waals surface area contributed by atoms with Gasteiger partial charge in [0.1, 0.15) is 0 Å². The number of anilines is 1. The van der Waals surface area contributed by atoms with E-state index in [-0.39, 0.29) is 0 Å². The number of likely N-dealkylation sites (N-methyl/N-ethyl adjacent to an activating group) is 2. The van der Waals surface area contributed by atoms with Gasteiger partial charge in [0.2, 0.25) is 0 Å². The van der Waals surface area contributed by atoms with Crippen molar-refractivity contribution in [3.8, 4) is 0 Å². The third kappa shape index (κ3) is 4.45. The summed E-state index contributed by atoms with van der Waals surface area (Å²) >= 11 is 0. The number of benzene rings is 1. The molecule has 0 bridgehead atoms. The van der Waals surface area contributed by atoms with Gasteiger partial charge in [-0.15, -0.1) is 0 Å². The predicted molar refractivity (Wildman–Crippen MR) is 92.1 cm³/mol. The molecule has 0 spiro atoms.